The first kappa shape index (κ1) is 20.8. The molecular weight excluding hydrogens is 370 g/mol. The van der Waals surface area contributed by atoms with Crippen LogP contribution in [0.5, 0.6) is 0 Å². The second-order valence-corrected chi connectivity index (χ2v) is 7.79. The lowest BCUT2D eigenvalue weighted by molar-refractivity contribution is -0.136. The second-order valence-electron chi connectivity index (χ2n) is 7.79. The molecule has 0 spiro atoms. The number of benzene rings is 1. The average Bonchev–Trinajstić information content (AvgIpc) is 3.22. The van der Waals surface area contributed by atoms with Crippen molar-refractivity contribution in [2.45, 2.75) is 45.6 Å². The number of likely N-dealkylation sites (N-methyl/N-ethyl adjacent to an activating group) is 1. The molecule has 0 saturated heterocycles. The lowest BCUT2D eigenvalue weighted by Gasteiger charge is -2.33. The number of nitrogens with zero attached hydrogens (tertiary/aromatic N) is 1. The fourth-order valence-electron chi connectivity index (χ4n) is 3.61. The molecule has 1 aromatic carbocycles. The Kier molecular flexibility index (Phi) is 6.52. The van der Waals surface area contributed by atoms with E-state index < -0.39 is 5.97 Å². The van der Waals surface area contributed by atoms with Gasteiger partial charge in [-0.3, -0.25) is 9.59 Å². The van der Waals surface area contributed by atoms with Gasteiger partial charge >= 0.3 is 5.97 Å². The number of ketones is 1. The molecule has 6 heteroatoms. The van der Waals surface area contributed by atoms with Crippen molar-refractivity contribution in [2.24, 2.45) is 5.92 Å². The first-order chi connectivity index (χ1) is 13.8. The lowest BCUT2D eigenvalue weighted by Crippen LogP contribution is -2.41. The van der Waals surface area contributed by atoms with Crippen molar-refractivity contribution in [1.29, 1.82) is 0 Å². The molecule has 0 atom stereocenters. The molecule has 1 fully saturated rings. The maximum Gasteiger partial charge on any atom is 0.374 e. The van der Waals surface area contributed by atoms with Crippen LogP contribution in [-0.4, -0.2) is 42.3 Å². The minimum absolute atomic E-state index is 0.0161. The van der Waals surface area contributed by atoms with Gasteiger partial charge in [-0.25, -0.2) is 4.79 Å². The molecule has 1 saturated carbocycles. The van der Waals surface area contributed by atoms with E-state index in [1.54, 1.807) is 42.3 Å². The van der Waals surface area contributed by atoms with E-state index in [-0.39, 0.29) is 30.1 Å². The smallest absolute Gasteiger partial charge is 0.374 e. The highest BCUT2D eigenvalue weighted by atomic mass is 16.5. The number of ether oxygens (including phenoxy) is 1. The summed E-state index contributed by atoms with van der Waals surface area (Å²) in [5, 5.41) is 0. The molecule has 0 bridgehead atoms. The fourth-order valence-corrected chi connectivity index (χ4v) is 3.61. The standard InChI is InChI=1S/C23H27NO5/c1-15-4-10-19(11-5-15)24(3)22(26)14-28-23(27)21-13-12-20(29-21)18-8-6-17(7-9-18)16(2)25/h6-9,12-13,15,19H,4-5,10-11,14H2,1-3H3. The minimum Gasteiger partial charge on any atom is -0.450 e. The quantitative estimate of drug-likeness (QED) is 0.535. The summed E-state index contributed by atoms with van der Waals surface area (Å²) in [4.78, 5) is 37.7. The van der Waals surface area contributed by atoms with Crippen LogP contribution in [0.25, 0.3) is 11.3 Å². The van der Waals surface area contributed by atoms with Crippen molar-refractivity contribution in [3.05, 3.63) is 47.7 Å². The molecule has 29 heavy (non-hydrogen) atoms. The third kappa shape index (κ3) is 5.13. The lowest BCUT2D eigenvalue weighted by atomic mass is 9.87. The number of carbonyl (C=O) groups excluding carboxylic acids is 3. The Morgan fingerprint density at radius 3 is 2.31 bits per heavy atom. The van der Waals surface area contributed by atoms with E-state index in [4.69, 9.17) is 9.15 Å². The normalized spacial score (nSPS) is 18.9. The van der Waals surface area contributed by atoms with E-state index in [1.165, 1.54) is 13.0 Å². The number of rotatable bonds is 6. The monoisotopic (exact) mass is 397 g/mol. The van der Waals surface area contributed by atoms with Gasteiger partial charge in [-0.15, -0.1) is 0 Å². The Morgan fingerprint density at radius 2 is 1.69 bits per heavy atom. The maximum atomic E-state index is 12.4. The third-order valence-electron chi connectivity index (χ3n) is 5.64. The molecule has 0 aliphatic heterocycles. The third-order valence-corrected chi connectivity index (χ3v) is 5.64. The van der Waals surface area contributed by atoms with Crippen LogP contribution in [0.4, 0.5) is 0 Å². The zero-order valence-electron chi connectivity index (χ0n) is 17.1. The molecular formula is C23H27NO5. The summed E-state index contributed by atoms with van der Waals surface area (Å²) >= 11 is 0. The molecule has 1 heterocycles. The van der Waals surface area contributed by atoms with Crippen molar-refractivity contribution in [2.75, 3.05) is 13.7 Å². The fraction of sp³-hybridized carbons (Fsp3) is 0.435. The molecule has 0 radical (unpaired) electrons. The van der Waals surface area contributed by atoms with Gasteiger partial charge in [0, 0.05) is 24.2 Å². The number of furan rings is 1. The number of esters is 1. The Hall–Kier alpha value is -2.89. The number of Topliss-reactive ketones (excluding diaryl/α,β-unsaturated/α-hetero) is 1. The summed E-state index contributed by atoms with van der Waals surface area (Å²) < 4.78 is 10.7. The highest BCUT2D eigenvalue weighted by Gasteiger charge is 2.25. The van der Waals surface area contributed by atoms with Gasteiger partial charge in [0.1, 0.15) is 5.76 Å². The second kappa shape index (κ2) is 9.07. The van der Waals surface area contributed by atoms with Gasteiger partial charge in [-0.2, -0.15) is 0 Å². The summed E-state index contributed by atoms with van der Waals surface area (Å²) in [7, 11) is 1.77. The van der Waals surface area contributed by atoms with Gasteiger partial charge in [-0.05, 0) is 50.7 Å². The van der Waals surface area contributed by atoms with Crippen LogP contribution in [-0.2, 0) is 9.53 Å². The van der Waals surface area contributed by atoms with Crippen molar-refractivity contribution >= 4 is 17.7 Å². The summed E-state index contributed by atoms with van der Waals surface area (Å²) in [6.07, 6.45) is 4.21. The molecule has 3 rings (SSSR count). The Bertz CT molecular complexity index is 875. The van der Waals surface area contributed by atoms with Gasteiger partial charge in [-0.1, -0.05) is 31.2 Å². The van der Waals surface area contributed by atoms with E-state index in [9.17, 15) is 14.4 Å². The number of hydrogen-bond donors (Lipinski definition) is 0. The van der Waals surface area contributed by atoms with Crippen LogP contribution in [0.1, 0.15) is 60.4 Å². The van der Waals surface area contributed by atoms with E-state index in [2.05, 4.69) is 6.92 Å². The summed E-state index contributed by atoms with van der Waals surface area (Å²) in [6, 6.07) is 10.3. The van der Waals surface area contributed by atoms with Crippen LogP contribution in [0.3, 0.4) is 0 Å². The predicted octanol–water partition coefficient (Wildman–Crippen LogP) is 4.34. The molecule has 2 aromatic rings. The van der Waals surface area contributed by atoms with Crippen molar-refractivity contribution < 1.29 is 23.5 Å². The first-order valence-corrected chi connectivity index (χ1v) is 9.99. The van der Waals surface area contributed by atoms with Gasteiger partial charge in [0.15, 0.2) is 12.4 Å². The van der Waals surface area contributed by atoms with E-state index in [0.29, 0.717) is 17.2 Å². The van der Waals surface area contributed by atoms with E-state index >= 15 is 0 Å². The molecule has 154 valence electrons. The molecule has 6 nitrogen and oxygen atoms in total. The largest absolute Gasteiger partial charge is 0.450 e. The van der Waals surface area contributed by atoms with Crippen LogP contribution >= 0.6 is 0 Å². The van der Waals surface area contributed by atoms with Crippen molar-refractivity contribution in [3.63, 3.8) is 0 Å². The Balaban J connectivity index is 1.54. The highest BCUT2D eigenvalue weighted by molar-refractivity contribution is 5.94. The zero-order valence-corrected chi connectivity index (χ0v) is 17.1. The molecule has 1 aliphatic carbocycles. The van der Waals surface area contributed by atoms with Gasteiger partial charge in [0.05, 0.1) is 0 Å². The number of hydrogen-bond acceptors (Lipinski definition) is 5. The molecule has 1 amide bonds. The van der Waals surface area contributed by atoms with Gasteiger partial charge < -0.3 is 14.1 Å². The van der Waals surface area contributed by atoms with Crippen LogP contribution in [0.15, 0.2) is 40.8 Å². The molecule has 1 aliphatic rings. The van der Waals surface area contributed by atoms with E-state index in [0.717, 1.165) is 31.2 Å². The SMILES string of the molecule is CC(=O)c1ccc(-c2ccc(C(=O)OCC(=O)N(C)C3CCC(C)CC3)o2)cc1. The highest BCUT2D eigenvalue weighted by Crippen LogP contribution is 2.27. The minimum atomic E-state index is -0.671. The summed E-state index contributed by atoms with van der Waals surface area (Å²) in [5.74, 6) is 0.349. The predicted molar refractivity (Wildman–Crippen MR) is 109 cm³/mol. The number of carbonyl (C=O) groups is 3. The van der Waals surface area contributed by atoms with Crippen LogP contribution in [0.2, 0.25) is 0 Å². The van der Waals surface area contributed by atoms with E-state index in [1.807, 2.05) is 0 Å². The molecule has 0 unspecified atom stereocenters. The first-order valence-electron chi connectivity index (χ1n) is 9.99. The topological polar surface area (TPSA) is 76.8 Å². The molecule has 1 aromatic heterocycles. The van der Waals surface area contributed by atoms with Crippen LogP contribution in [0, 0.1) is 5.92 Å². The maximum absolute atomic E-state index is 12.4. The van der Waals surface area contributed by atoms with Crippen LogP contribution < -0.4 is 0 Å². The Morgan fingerprint density at radius 1 is 1.03 bits per heavy atom. The zero-order chi connectivity index (χ0) is 21.0. The van der Waals surface area contributed by atoms with Gasteiger partial charge in [0.25, 0.3) is 5.91 Å². The number of amides is 1. The van der Waals surface area contributed by atoms with Crippen molar-refractivity contribution in [1.82, 2.24) is 4.90 Å². The van der Waals surface area contributed by atoms with Crippen molar-refractivity contribution in [3.8, 4) is 11.3 Å². The van der Waals surface area contributed by atoms with Gasteiger partial charge in [0.2, 0.25) is 5.76 Å². The summed E-state index contributed by atoms with van der Waals surface area (Å²) in [5.41, 5.74) is 1.35. The average molecular weight is 397 g/mol. The summed E-state index contributed by atoms with van der Waals surface area (Å²) in [6.45, 7) is 3.43. The molecule has 0 N–H and O–H groups in total. The Labute approximate surface area is 170 Å².